The number of nitrogens with one attached hydrogen (secondary N) is 1. The van der Waals surface area contributed by atoms with Crippen LogP contribution < -0.4 is 5.32 Å². The van der Waals surface area contributed by atoms with Crippen molar-refractivity contribution in [3.8, 4) is 0 Å². The van der Waals surface area contributed by atoms with Crippen molar-refractivity contribution in [1.82, 2.24) is 10.2 Å². The minimum atomic E-state index is 0.420. The van der Waals surface area contributed by atoms with E-state index in [-0.39, 0.29) is 0 Å². The Balaban J connectivity index is 1.54. The predicted molar refractivity (Wildman–Crippen MR) is 57.2 cm³/mol. The van der Waals surface area contributed by atoms with Gasteiger partial charge in [0.15, 0.2) is 0 Å². The molecular formula is C11H22N2O. The highest BCUT2D eigenvalue weighted by Gasteiger charge is 2.54. The fourth-order valence-corrected chi connectivity index (χ4v) is 2.83. The van der Waals surface area contributed by atoms with Crippen molar-refractivity contribution in [3.05, 3.63) is 0 Å². The van der Waals surface area contributed by atoms with Gasteiger partial charge in [0.2, 0.25) is 0 Å². The smallest absolute Gasteiger partial charge is 0.0465 e. The van der Waals surface area contributed by atoms with Gasteiger partial charge in [-0.15, -0.1) is 0 Å². The Morgan fingerprint density at radius 3 is 2.57 bits per heavy atom. The SMILES string of the molecule is CNCCCCN1CC2C(CO)C2C1. The van der Waals surface area contributed by atoms with Gasteiger partial charge >= 0.3 is 0 Å². The first-order chi connectivity index (χ1) is 6.86. The Hall–Kier alpha value is -0.120. The lowest BCUT2D eigenvalue weighted by atomic mass is 10.2. The Morgan fingerprint density at radius 2 is 2.00 bits per heavy atom. The molecule has 2 fully saturated rings. The second-order valence-corrected chi connectivity index (χ2v) is 4.74. The van der Waals surface area contributed by atoms with Gasteiger partial charge in [0.1, 0.15) is 0 Å². The Labute approximate surface area is 86.5 Å². The second-order valence-electron chi connectivity index (χ2n) is 4.74. The molecule has 3 nitrogen and oxygen atoms in total. The monoisotopic (exact) mass is 198 g/mol. The molecule has 0 spiro atoms. The van der Waals surface area contributed by atoms with Crippen molar-refractivity contribution in [2.45, 2.75) is 12.8 Å². The Morgan fingerprint density at radius 1 is 1.29 bits per heavy atom. The van der Waals surface area contributed by atoms with E-state index in [0.717, 1.165) is 18.4 Å². The number of rotatable bonds is 6. The first kappa shape index (κ1) is 10.4. The molecule has 2 atom stereocenters. The van der Waals surface area contributed by atoms with E-state index in [9.17, 15) is 0 Å². The molecule has 0 amide bonds. The summed E-state index contributed by atoms with van der Waals surface area (Å²) in [6, 6.07) is 0. The van der Waals surface area contributed by atoms with Crippen molar-refractivity contribution >= 4 is 0 Å². The number of fused-ring (bicyclic) bond motifs is 1. The van der Waals surface area contributed by atoms with Crippen LogP contribution in [0.2, 0.25) is 0 Å². The van der Waals surface area contributed by atoms with Gasteiger partial charge in [0, 0.05) is 19.7 Å². The zero-order valence-electron chi connectivity index (χ0n) is 9.08. The summed E-state index contributed by atoms with van der Waals surface area (Å²) in [6.45, 7) is 5.31. The molecule has 2 aliphatic rings. The average Bonchev–Trinajstić information content (AvgIpc) is 2.67. The number of hydrogen-bond donors (Lipinski definition) is 2. The summed E-state index contributed by atoms with van der Waals surface area (Å²) in [5, 5.41) is 12.2. The zero-order chi connectivity index (χ0) is 9.97. The molecule has 1 saturated carbocycles. The summed E-state index contributed by atoms with van der Waals surface area (Å²) in [5.41, 5.74) is 0. The van der Waals surface area contributed by atoms with Gasteiger partial charge in [-0.05, 0) is 50.7 Å². The standard InChI is InChI=1S/C11H22N2O/c1-12-4-2-3-5-13-6-9-10(7-13)11(9)8-14/h9-12,14H,2-8H2,1H3. The normalized spacial score (nSPS) is 36.0. The fraction of sp³-hybridized carbons (Fsp3) is 1.00. The van der Waals surface area contributed by atoms with Crippen LogP contribution in [0, 0.1) is 17.8 Å². The van der Waals surface area contributed by atoms with E-state index in [0.29, 0.717) is 12.5 Å². The van der Waals surface area contributed by atoms with Crippen molar-refractivity contribution in [2.75, 3.05) is 39.8 Å². The summed E-state index contributed by atoms with van der Waals surface area (Å²) in [6.07, 6.45) is 2.59. The first-order valence-corrected chi connectivity index (χ1v) is 5.84. The van der Waals surface area contributed by atoms with E-state index >= 15 is 0 Å². The van der Waals surface area contributed by atoms with Crippen LogP contribution in [0.25, 0.3) is 0 Å². The summed E-state index contributed by atoms with van der Waals surface area (Å²) in [7, 11) is 2.01. The lowest BCUT2D eigenvalue weighted by Gasteiger charge is -2.18. The van der Waals surface area contributed by atoms with E-state index < -0.39 is 0 Å². The summed E-state index contributed by atoms with van der Waals surface area (Å²) in [5.74, 6) is 2.33. The topological polar surface area (TPSA) is 35.5 Å². The van der Waals surface area contributed by atoms with Gasteiger partial charge in [-0.2, -0.15) is 0 Å². The molecule has 0 aromatic carbocycles. The molecule has 3 heteroatoms. The van der Waals surface area contributed by atoms with E-state index in [4.69, 9.17) is 5.11 Å². The third-order valence-corrected chi connectivity index (χ3v) is 3.81. The van der Waals surface area contributed by atoms with Crippen LogP contribution in [0.5, 0.6) is 0 Å². The number of likely N-dealkylation sites (tertiary alicyclic amines) is 1. The summed E-state index contributed by atoms with van der Waals surface area (Å²) >= 11 is 0. The molecule has 0 aromatic heterocycles. The third-order valence-electron chi connectivity index (χ3n) is 3.81. The summed E-state index contributed by atoms with van der Waals surface area (Å²) in [4.78, 5) is 2.57. The summed E-state index contributed by atoms with van der Waals surface area (Å²) < 4.78 is 0. The highest BCUT2D eigenvalue weighted by molar-refractivity contribution is 5.04. The molecule has 2 unspecified atom stereocenters. The maximum atomic E-state index is 9.02. The average molecular weight is 198 g/mol. The molecule has 1 heterocycles. The Kier molecular flexibility index (Phi) is 3.42. The number of piperidine rings is 1. The minimum absolute atomic E-state index is 0.420. The van der Waals surface area contributed by atoms with Gasteiger partial charge in [0.25, 0.3) is 0 Å². The largest absolute Gasteiger partial charge is 0.396 e. The molecular weight excluding hydrogens is 176 g/mol. The molecule has 2 rings (SSSR count). The molecule has 82 valence electrons. The number of aliphatic hydroxyl groups is 1. The number of aliphatic hydroxyl groups excluding tert-OH is 1. The van der Waals surface area contributed by atoms with E-state index in [2.05, 4.69) is 10.2 Å². The molecule has 0 radical (unpaired) electrons. The molecule has 1 aliphatic carbocycles. The van der Waals surface area contributed by atoms with Gasteiger partial charge < -0.3 is 15.3 Å². The zero-order valence-corrected chi connectivity index (χ0v) is 9.08. The van der Waals surface area contributed by atoms with Crippen LogP contribution in [0.15, 0.2) is 0 Å². The highest BCUT2D eigenvalue weighted by atomic mass is 16.3. The fourth-order valence-electron chi connectivity index (χ4n) is 2.83. The van der Waals surface area contributed by atoms with E-state index in [1.807, 2.05) is 7.05 Å². The maximum absolute atomic E-state index is 9.02. The van der Waals surface area contributed by atoms with Crippen LogP contribution in [0.3, 0.4) is 0 Å². The number of hydrogen-bond acceptors (Lipinski definition) is 3. The minimum Gasteiger partial charge on any atom is -0.396 e. The first-order valence-electron chi connectivity index (χ1n) is 5.84. The van der Waals surface area contributed by atoms with Crippen LogP contribution in [-0.4, -0.2) is 49.8 Å². The predicted octanol–water partition coefficient (Wildman–Crippen LogP) is 0.156. The van der Waals surface area contributed by atoms with E-state index in [1.54, 1.807) is 0 Å². The van der Waals surface area contributed by atoms with Crippen LogP contribution in [0.1, 0.15) is 12.8 Å². The number of unbranched alkanes of at least 4 members (excludes halogenated alkanes) is 1. The maximum Gasteiger partial charge on any atom is 0.0465 e. The molecule has 14 heavy (non-hydrogen) atoms. The lowest BCUT2D eigenvalue weighted by molar-refractivity contribution is 0.219. The van der Waals surface area contributed by atoms with Crippen molar-refractivity contribution in [2.24, 2.45) is 17.8 Å². The molecule has 1 aliphatic heterocycles. The molecule has 0 aromatic rings. The van der Waals surface area contributed by atoms with Crippen LogP contribution in [0.4, 0.5) is 0 Å². The molecule has 2 N–H and O–H groups in total. The van der Waals surface area contributed by atoms with Gasteiger partial charge in [-0.1, -0.05) is 0 Å². The molecule has 1 saturated heterocycles. The van der Waals surface area contributed by atoms with E-state index in [1.165, 1.54) is 32.5 Å². The third kappa shape index (κ3) is 2.10. The number of nitrogens with zero attached hydrogens (tertiary/aromatic N) is 1. The van der Waals surface area contributed by atoms with Crippen molar-refractivity contribution in [3.63, 3.8) is 0 Å². The molecule has 0 bridgehead atoms. The van der Waals surface area contributed by atoms with Crippen molar-refractivity contribution < 1.29 is 5.11 Å². The highest BCUT2D eigenvalue weighted by Crippen LogP contribution is 2.51. The van der Waals surface area contributed by atoms with Crippen molar-refractivity contribution in [1.29, 1.82) is 0 Å². The Bertz CT molecular complexity index is 174. The second kappa shape index (κ2) is 4.60. The van der Waals surface area contributed by atoms with Crippen LogP contribution in [-0.2, 0) is 0 Å². The van der Waals surface area contributed by atoms with Crippen LogP contribution >= 0.6 is 0 Å². The van der Waals surface area contributed by atoms with Gasteiger partial charge in [-0.3, -0.25) is 0 Å². The lowest BCUT2D eigenvalue weighted by Crippen LogP contribution is -2.26. The van der Waals surface area contributed by atoms with Gasteiger partial charge in [0.05, 0.1) is 0 Å². The van der Waals surface area contributed by atoms with Gasteiger partial charge in [-0.25, -0.2) is 0 Å². The quantitative estimate of drug-likeness (QED) is 0.597.